The summed E-state index contributed by atoms with van der Waals surface area (Å²) >= 11 is 8.27. The Morgan fingerprint density at radius 1 is 1.13 bits per heavy atom. The average molecular weight is 800 g/mol. The number of amides is 3. The van der Waals surface area contributed by atoms with Gasteiger partial charge in [-0.15, -0.1) is 11.3 Å². The van der Waals surface area contributed by atoms with Crippen LogP contribution in [0.3, 0.4) is 0 Å². The molecule has 0 radical (unpaired) electrons. The Kier molecular flexibility index (Phi) is 10.5. The van der Waals surface area contributed by atoms with Gasteiger partial charge in [-0.05, 0) is 76.3 Å². The third-order valence-electron chi connectivity index (χ3n) is 11.0. The molecule has 3 saturated carbocycles. The topological polar surface area (TPSA) is 166 Å². The molecule has 3 aromatic rings. The Bertz CT molecular complexity index is 2120. The second-order valence-electron chi connectivity index (χ2n) is 15.5. The molecule has 13 nitrogen and oxygen atoms in total. The normalized spacial score (nSPS) is 26.8. The zero-order chi connectivity index (χ0) is 38.6. The van der Waals surface area contributed by atoms with Gasteiger partial charge in [0, 0.05) is 36.3 Å². The van der Waals surface area contributed by atoms with E-state index in [1.165, 1.54) is 18.4 Å². The number of allylic oxidation sites excluding steroid dienone is 1. The predicted octanol–water partition coefficient (Wildman–Crippen LogP) is 5.92. The number of aromatic nitrogens is 2. The van der Waals surface area contributed by atoms with E-state index in [1.807, 2.05) is 29.7 Å². The summed E-state index contributed by atoms with van der Waals surface area (Å²) in [5.74, 6) is -2.46. The maximum Gasteiger partial charge on any atom is 0.362 e. The number of ether oxygens (including phenoxy) is 2. The van der Waals surface area contributed by atoms with E-state index in [9.17, 15) is 22.8 Å². The van der Waals surface area contributed by atoms with E-state index in [4.69, 9.17) is 35.2 Å². The number of thiazole rings is 1. The molecule has 3 fully saturated rings. The lowest BCUT2D eigenvalue weighted by Gasteiger charge is -2.26. The molecule has 54 heavy (non-hydrogen) atoms. The van der Waals surface area contributed by atoms with Crippen molar-refractivity contribution in [2.24, 2.45) is 17.8 Å². The number of carbonyl (C=O) groups excluding carboxylic acids is 3. The van der Waals surface area contributed by atoms with Crippen LogP contribution in [0.2, 0.25) is 5.02 Å². The van der Waals surface area contributed by atoms with Crippen molar-refractivity contribution in [3.05, 3.63) is 46.4 Å². The number of pyridine rings is 1. The summed E-state index contributed by atoms with van der Waals surface area (Å²) in [4.78, 5) is 53.4. The molecule has 5 atom stereocenters. The van der Waals surface area contributed by atoms with Crippen LogP contribution in [-0.2, 0) is 28.9 Å². The monoisotopic (exact) mass is 799 g/mol. The molecular formula is C38H46ClN5O8S2. The molecule has 290 valence electrons. The van der Waals surface area contributed by atoms with Gasteiger partial charge in [-0.3, -0.25) is 14.4 Å². The molecule has 1 aliphatic heterocycles. The van der Waals surface area contributed by atoms with Crippen molar-refractivity contribution in [3.8, 4) is 22.2 Å². The molecule has 7 rings (SSSR count). The van der Waals surface area contributed by atoms with E-state index < -0.39 is 57.1 Å². The zero-order valence-corrected chi connectivity index (χ0v) is 33.4. The highest BCUT2D eigenvalue weighted by atomic mass is 35.5. The number of hydrogen-bond acceptors (Lipinski definition) is 11. The molecule has 3 heterocycles. The van der Waals surface area contributed by atoms with Gasteiger partial charge in [-0.1, -0.05) is 37.6 Å². The largest absolute Gasteiger partial charge is 0.495 e. The maximum atomic E-state index is 14.3. The van der Waals surface area contributed by atoms with E-state index in [0.29, 0.717) is 63.9 Å². The summed E-state index contributed by atoms with van der Waals surface area (Å²) in [5, 5.41) is 6.54. The molecule has 0 bridgehead atoms. The Labute approximate surface area is 324 Å². The Hall–Kier alpha value is -3.79. The SMILES string of the molecule is COc1ccc2c(OC3CC4C(=O)NC5(C(=O)NS(=O)(=O)OC6(C)CC6)CC5C=CCCCCN(C)C(=O)C4C3)cc(-c3nc(C(C)C)cs3)nc2c1Cl. The van der Waals surface area contributed by atoms with Crippen LogP contribution < -0.4 is 19.5 Å². The fraction of sp³-hybridized carbons (Fsp3) is 0.553. The summed E-state index contributed by atoms with van der Waals surface area (Å²) in [6, 6.07) is 5.36. The van der Waals surface area contributed by atoms with Crippen molar-refractivity contribution >= 4 is 61.9 Å². The van der Waals surface area contributed by atoms with Crippen LogP contribution in [0, 0.1) is 17.8 Å². The highest BCUT2D eigenvalue weighted by molar-refractivity contribution is 7.85. The molecule has 2 N–H and O–H groups in total. The predicted molar refractivity (Wildman–Crippen MR) is 205 cm³/mol. The Morgan fingerprint density at radius 3 is 2.59 bits per heavy atom. The second kappa shape index (κ2) is 14.7. The third kappa shape index (κ3) is 7.82. The molecule has 2 aromatic heterocycles. The Morgan fingerprint density at radius 2 is 1.89 bits per heavy atom. The highest BCUT2D eigenvalue weighted by Gasteiger charge is 2.62. The highest BCUT2D eigenvalue weighted by Crippen LogP contribution is 2.48. The fourth-order valence-electron chi connectivity index (χ4n) is 7.38. The summed E-state index contributed by atoms with van der Waals surface area (Å²) in [7, 11) is -1.16. The van der Waals surface area contributed by atoms with Crippen LogP contribution in [-0.4, -0.2) is 79.0 Å². The van der Waals surface area contributed by atoms with E-state index in [0.717, 1.165) is 18.5 Å². The maximum absolute atomic E-state index is 14.3. The number of halogens is 1. The number of hydrogen-bond donors (Lipinski definition) is 2. The molecule has 3 aliphatic carbocycles. The minimum absolute atomic E-state index is 0.172. The number of nitrogens with one attached hydrogen (secondary N) is 2. The summed E-state index contributed by atoms with van der Waals surface area (Å²) in [6.45, 7) is 6.33. The quantitative estimate of drug-likeness (QED) is 0.248. The number of carbonyl (C=O) groups is 3. The van der Waals surface area contributed by atoms with E-state index in [2.05, 4.69) is 23.9 Å². The van der Waals surface area contributed by atoms with Crippen molar-refractivity contribution in [2.45, 2.75) is 95.3 Å². The molecule has 0 saturated heterocycles. The van der Waals surface area contributed by atoms with Crippen LogP contribution in [0.1, 0.15) is 83.7 Å². The van der Waals surface area contributed by atoms with E-state index >= 15 is 0 Å². The number of rotatable bonds is 9. The lowest BCUT2D eigenvalue weighted by molar-refractivity contribution is -0.140. The summed E-state index contributed by atoms with van der Waals surface area (Å²) in [5.41, 5.74) is -0.391. The lowest BCUT2D eigenvalue weighted by Crippen LogP contribution is -2.54. The summed E-state index contributed by atoms with van der Waals surface area (Å²) < 4.78 is 45.2. The van der Waals surface area contributed by atoms with Crippen LogP contribution in [0.15, 0.2) is 35.7 Å². The van der Waals surface area contributed by atoms with Crippen LogP contribution in [0.5, 0.6) is 11.5 Å². The first kappa shape index (κ1) is 38.5. The lowest BCUT2D eigenvalue weighted by atomic mass is 9.93. The average Bonchev–Trinajstić information content (AvgIpc) is 3.84. The van der Waals surface area contributed by atoms with Crippen molar-refractivity contribution < 1.29 is 36.5 Å². The van der Waals surface area contributed by atoms with E-state index in [-0.39, 0.29) is 31.1 Å². The van der Waals surface area contributed by atoms with Gasteiger partial charge in [0.25, 0.3) is 5.91 Å². The van der Waals surface area contributed by atoms with Gasteiger partial charge >= 0.3 is 10.3 Å². The van der Waals surface area contributed by atoms with Crippen LogP contribution in [0.4, 0.5) is 0 Å². The van der Waals surface area contributed by atoms with Gasteiger partial charge in [0.05, 0.1) is 35.8 Å². The standard InChI is InChI=1S/C38H46ClN5O8S2/c1-21(2)28-20-53-34(41-28)27-18-30(24-11-12-29(50-5)31(39)32(24)40-27)51-23-16-25-26(17-23)35(46)44(4)15-9-7-6-8-10-22-19-38(22,42-33(25)45)36(47)43-54(48,49)52-37(3)13-14-37/h8,10-12,18,20-23,25-26H,6-7,9,13-17,19H2,1-5H3,(H,42,45)(H,43,47). The summed E-state index contributed by atoms with van der Waals surface area (Å²) in [6.07, 6.45) is 7.27. The van der Waals surface area contributed by atoms with Gasteiger partial charge in [0.2, 0.25) is 11.8 Å². The van der Waals surface area contributed by atoms with Crippen molar-refractivity contribution in [3.63, 3.8) is 0 Å². The molecule has 4 aliphatic rings. The Balaban J connectivity index is 1.20. The second-order valence-corrected chi connectivity index (χ2v) is 18.0. The minimum atomic E-state index is -4.43. The first-order valence-electron chi connectivity index (χ1n) is 18.4. The number of benzene rings is 1. The first-order valence-corrected chi connectivity index (χ1v) is 21.1. The smallest absolute Gasteiger partial charge is 0.362 e. The van der Waals surface area contributed by atoms with Gasteiger partial charge < -0.3 is 19.7 Å². The van der Waals surface area contributed by atoms with Crippen molar-refractivity contribution in [1.82, 2.24) is 24.9 Å². The zero-order valence-electron chi connectivity index (χ0n) is 31.0. The van der Waals surface area contributed by atoms with Crippen LogP contribution in [0.25, 0.3) is 21.6 Å². The molecule has 16 heteroatoms. The van der Waals surface area contributed by atoms with Gasteiger partial charge in [-0.25, -0.2) is 18.9 Å². The molecule has 0 spiro atoms. The van der Waals surface area contributed by atoms with Gasteiger partial charge in [0.15, 0.2) is 0 Å². The van der Waals surface area contributed by atoms with E-state index in [1.54, 1.807) is 24.9 Å². The fourth-order valence-corrected chi connectivity index (χ4v) is 9.75. The molecule has 5 unspecified atom stereocenters. The minimum Gasteiger partial charge on any atom is -0.495 e. The number of methoxy groups -OCH3 is 1. The van der Waals surface area contributed by atoms with Gasteiger partial charge in [0.1, 0.15) is 38.9 Å². The number of nitrogens with zero attached hydrogens (tertiary/aromatic N) is 3. The van der Waals surface area contributed by atoms with Crippen molar-refractivity contribution in [2.75, 3.05) is 20.7 Å². The molecule has 1 aromatic carbocycles. The van der Waals surface area contributed by atoms with Gasteiger partial charge in [-0.2, -0.15) is 8.42 Å². The molecule has 3 amide bonds. The van der Waals surface area contributed by atoms with Crippen molar-refractivity contribution in [1.29, 1.82) is 0 Å². The first-order chi connectivity index (χ1) is 25.6. The molecular weight excluding hydrogens is 754 g/mol. The number of fused-ring (bicyclic) bond motifs is 3. The van der Waals surface area contributed by atoms with Crippen LogP contribution >= 0.6 is 22.9 Å². The third-order valence-corrected chi connectivity index (χ3v) is 13.3.